The molecule has 3 heteroatoms. The molecule has 1 unspecified atom stereocenters. The molecule has 2 N–H and O–H groups in total. The summed E-state index contributed by atoms with van der Waals surface area (Å²) in [6.07, 6.45) is 2.53. The van der Waals surface area contributed by atoms with E-state index in [0.717, 1.165) is 25.9 Å². The van der Waals surface area contributed by atoms with E-state index in [9.17, 15) is 4.79 Å². The second-order valence-electron chi connectivity index (χ2n) is 3.84. The Labute approximate surface area is 87.6 Å². The fraction of sp³-hybridized carbons (Fsp3) is 0.909. The van der Waals surface area contributed by atoms with Crippen LogP contribution in [0.1, 0.15) is 40.0 Å². The minimum Gasteiger partial charge on any atom is -0.343 e. The lowest BCUT2D eigenvalue weighted by Crippen LogP contribution is -2.34. The van der Waals surface area contributed by atoms with Crippen molar-refractivity contribution in [3.63, 3.8) is 0 Å². The van der Waals surface area contributed by atoms with Crippen LogP contribution in [0.2, 0.25) is 0 Å². The lowest BCUT2D eigenvalue weighted by atomic mass is 10.1. The molecule has 0 saturated carbocycles. The van der Waals surface area contributed by atoms with Gasteiger partial charge in [-0.1, -0.05) is 20.3 Å². The first-order chi connectivity index (χ1) is 6.65. The maximum Gasteiger partial charge on any atom is 0.222 e. The zero-order valence-corrected chi connectivity index (χ0v) is 9.75. The number of hydrogen-bond acceptors (Lipinski definition) is 2. The number of carbonyl (C=O) groups is 1. The largest absolute Gasteiger partial charge is 0.343 e. The molecule has 0 bridgehead atoms. The van der Waals surface area contributed by atoms with Crippen LogP contribution < -0.4 is 5.73 Å². The predicted molar refractivity (Wildman–Crippen MR) is 60.0 cm³/mol. The summed E-state index contributed by atoms with van der Waals surface area (Å²) in [6, 6.07) is 0. The number of nitrogens with zero attached hydrogens (tertiary/aromatic N) is 1. The molecular weight excluding hydrogens is 176 g/mol. The maximum absolute atomic E-state index is 11.7. The minimum absolute atomic E-state index is 0.248. The van der Waals surface area contributed by atoms with Gasteiger partial charge in [0.25, 0.3) is 0 Å². The lowest BCUT2D eigenvalue weighted by molar-refractivity contribution is -0.131. The third kappa shape index (κ3) is 5.22. The van der Waals surface area contributed by atoms with Crippen molar-refractivity contribution in [1.82, 2.24) is 4.90 Å². The Hall–Kier alpha value is -0.570. The molecule has 0 aliphatic heterocycles. The van der Waals surface area contributed by atoms with Gasteiger partial charge < -0.3 is 10.6 Å². The average Bonchev–Trinajstić information content (AvgIpc) is 2.21. The molecule has 0 spiro atoms. The molecule has 0 aliphatic carbocycles. The highest BCUT2D eigenvalue weighted by atomic mass is 16.2. The van der Waals surface area contributed by atoms with Gasteiger partial charge in [0, 0.05) is 19.5 Å². The fourth-order valence-electron chi connectivity index (χ4n) is 1.32. The van der Waals surface area contributed by atoms with Crippen molar-refractivity contribution in [2.45, 2.75) is 40.0 Å². The number of hydrogen-bond donors (Lipinski definition) is 1. The van der Waals surface area contributed by atoms with Crippen LogP contribution in [0.5, 0.6) is 0 Å². The van der Waals surface area contributed by atoms with Crippen LogP contribution in [0, 0.1) is 5.92 Å². The molecule has 84 valence electrons. The standard InChI is InChI=1S/C11H24N2O/c1-4-10(3)9-13(5-2)11(14)7-6-8-12/h10H,4-9,12H2,1-3H3. The molecule has 0 radical (unpaired) electrons. The molecule has 0 aromatic carbocycles. The second kappa shape index (κ2) is 7.80. The Morgan fingerprint density at radius 2 is 2.07 bits per heavy atom. The average molecular weight is 200 g/mol. The molecule has 3 nitrogen and oxygen atoms in total. The van der Waals surface area contributed by atoms with E-state index in [1.165, 1.54) is 0 Å². The number of amides is 1. The van der Waals surface area contributed by atoms with E-state index in [1.807, 2.05) is 11.8 Å². The van der Waals surface area contributed by atoms with Crippen molar-refractivity contribution in [3.05, 3.63) is 0 Å². The van der Waals surface area contributed by atoms with Crippen molar-refractivity contribution in [1.29, 1.82) is 0 Å². The van der Waals surface area contributed by atoms with Gasteiger partial charge in [0.15, 0.2) is 0 Å². The van der Waals surface area contributed by atoms with Crippen LogP contribution in [0.4, 0.5) is 0 Å². The SMILES string of the molecule is CCC(C)CN(CC)C(=O)CCCN. The highest BCUT2D eigenvalue weighted by Crippen LogP contribution is 2.06. The molecule has 14 heavy (non-hydrogen) atoms. The summed E-state index contributed by atoms with van der Waals surface area (Å²) in [7, 11) is 0. The van der Waals surface area contributed by atoms with E-state index in [1.54, 1.807) is 0 Å². The molecule has 0 saturated heterocycles. The smallest absolute Gasteiger partial charge is 0.222 e. The van der Waals surface area contributed by atoms with E-state index < -0.39 is 0 Å². The van der Waals surface area contributed by atoms with E-state index >= 15 is 0 Å². The maximum atomic E-state index is 11.7. The third-order valence-electron chi connectivity index (χ3n) is 2.56. The predicted octanol–water partition coefficient (Wildman–Crippen LogP) is 1.62. The molecule has 0 aliphatic rings. The van der Waals surface area contributed by atoms with Crippen LogP contribution in [0.25, 0.3) is 0 Å². The summed E-state index contributed by atoms with van der Waals surface area (Å²) in [5.41, 5.74) is 5.38. The van der Waals surface area contributed by atoms with Gasteiger partial charge in [-0.15, -0.1) is 0 Å². The van der Waals surface area contributed by atoms with Crippen LogP contribution >= 0.6 is 0 Å². The molecule has 0 rings (SSSR count). The molecule has 0 fully saturated rings. The van der Waals surface area contributed by atoms with Crippen LogP contribution in [-0.2, 0) is 4.79 Å². The van der Waals surface area contributed by atoms with E-state index in [4.69, 9.17) is 5.73 Å². The topological polar surface area (TPSA) is 46.3 Å². The van der Waals surface area contributed by atoms with Crippen molar-refractivity contribution >= 4 is 5.91 Å². The van der Waals surface area contributed by atoms with Gasteiger partial charge in [-0.3, -0.25) is 4.79 Å². The Balaban J connectivity index is 3.92. The third-order valence-corrected chi connectivity index (χ3v) is 2.56. The Morgan fingerprint density at radius 3 is 2.50 bits per heavy atom. The normalized spacial score (nSPS) is 12.6. The summed E-state index contributed by atoms with van der Waals surface area (Å²) in [5.74, 6) is 0.843. The van der Waals surface area contributed by atoms with Gasteiger partial charge in [0.05, 0.1) is 0 Å². The Kier molecular flexibility index (Phi) is 7.48. The number of carbonyl (C=O) groups excluding carboxylic acids is 1. The molecule has 1 atom stereocenters. The van der Waals surface area contributed by atoms with E-state index in [2.05, 4.69) is 13.8 Å². The van der Waals surface area contributed by atoms with Gasteiger partial charge in [-0.2, -0.15) is 0 Å². The summed E-state index contributed by atoms with van der Waals surface area (Å²) < 4.78 is 0. The molecule has 0 aromatic heterocycles. The summed E-state index contributed by atoms with van der Waals surface area (Å²) >= 11 is 0. The quantitative estimate of drug-likeness (QED) is 0.679. The first-order valence-electron chi connectivity index (χ1n) is 5.63. The fourth-order valence-corrected chi connectivity index (χ4v) is 1.32. The van der Waals surface area contributed by atoms with Crippen molar-refractivity contribution < 1.29 is 4.79 Å². The van der Waals surface area contributed by atoms with Crippen LogP contribution in [0.3, 0.4) is 0 Å². The van der Waals surface area contributed by atoms with Gasteiger partial charge in [0.1, 0.15) is 0 Å². The lowest BCUT2D eigenvalue weighted by Gasteiger charge is -2.24. The highest BCUT2D eigenvalue weighted by Gasteiger charge is 2.12. The monoisotopic (exact) mass is 200 g/mol. The van der Waals surface area contributed by atoms with Crippen LogP contribution in [-0.4, -0.2) is 30.4 Å². The first-order valence-corrected chi connectivity index (χ1v) is 5.63. The van der Waals surface area contributed by atoms with Gasteiger partial charge >= 0.3 is 0 Å². The Morgan fingerprint density at radius 1 is 1.43 bits per heavy atom. The van der Waals surface area contributed by atoms with E-state index in [0.29, 0.717) is 18.9 Å². The summed E-state index contributed by atoms with van der Waals surface area (Å²) in [4.78, 5) is 13.6. The number of nitrogens with two attached hydrogens (primary N) is 1. The van der Waals surface area contributed by atoms with Gasteiger partial charge in [-0.25, -0.2) is 0 Å². The second-order valence-corrected chi connectivity index (χ2v) is 3.84. The molecule has 0 heterocycles. The zero-order valence-electron chi connectivity index (χ0n) is 9.75. The highest BCUT2D eigenvalue weighted by molar-refractivity contribution is 5.76. The summed E-state index contributed by atoms with van der Waals surface area (Å²) in [5, 5.41) is 0. The van der Waals surface area contributed by atoms with Crippen LogP contribution in [0.15, 0.2) is 0 Å². The molecule has 0 aromatic rings. The van der Waals surface area contributed by atoms with Gasteiger partial charge in [-0.05, 0) is 25.8 Å². The summed E-state index contributed by atoms with van der Waals surface area (Å²) in [6.45, 7) is 8.67. The zero-order chi connectivity index (χ0) is 11.0. The van der Waals surface area contributed by atoms with Crippen molar-refractivity contribution in [2.24, 2.45) is 11.7 Å². The molecule has 1 amide bonds. The van der Waals surface area contributed by atoms with Crippen molar-refractivity contribution in [2.75, 3.05) is 19.6 Å². The van der Waals surface area contributed by atoms with Crippen molar-refractivity contribution in [3.8, 4) is 0 Å². The first kappa shape index (κ1) is 13.4. The minimum atomic E-state index is 0.248. The molecular formula is C11H24N2O. The Bertz CT molecular complexity index is 159. The van der Waals surface area contributed by atoms with Gasteiger partial charge in [0.2, 0.25) is 5.91 Å². The van der Waals surface area contributed by atoms with E-state index in [-0.39, 0.29) is 5.91 Å². The number of rotatable bonds is 7.